The Kier molecular flexibility index (Phi) is 4.14. The molecular weight excluding hydrogens is 325 g/mol. The fourth-order valence-corrected chi connectivity index (χ4v) is 3.44. The molecule has 1 fully saturated rings. The van der Waals surface area contributed by atoms with Crippen LogP contribution in [0.3, 0.4) is 0 Å². The highest BCUT2D eigenvalue weighted by molar-refractivity contribution is 14.1. The minimum atomic E-state index is 0.790. The second-order valence-corrected chi connectivity index (χ2v) is 6.17. The fraction of sp³-hybridized carbons (Fsp3) is 0.538. The molecule has 1 unspecified atom stereocenters. The Labute approximate surface area is 117 Å². The molecule has 0 aromatic heterocycles. The molecule has 0 spiro atoms. The van der Waals surface area contributed by atoms with Crippen LogP contribution < -0.4 is 10.6 Å². The van der Waals surface area contributed by atoms with E-state index in [1.165, 1.54) is 28.8 Å². The number of hydrogen-bond donors (Lipinski definition) is 1. The van der Waals surface area contributed by atoms with Crippen LogP contribution in [0, 0.1) is 9.49 Å². The van der Waals surface area contributed by atoms with Gasteiger partial charge in [-0.1, -0.05) is 0 Å². The van der Waals surface area contributed by atoms with Crippen molar-refractivity contribution in [3.63, 3.8) is 0 Å². The van der Waals surface area contributed by atoms with Crippen LogP contribution in [0.1, 0.15) is 6.42 Å². The number of rotatable bonds is 3. The number of anilines is 2. The molecule has 3 nitrogen and oxygen atoms in total. The zero-order chi connectivity index (χ0) is 12.4. The van der Waals surface area contributed by atoms with Gasteiger partial charge in [0.2, 0.25) is 0 Å². The molecule has 0 bridgehead atoms. The Morgan fingerprint density at radius 3 is 2.88 bits per heavy atom. The molecule has 1 aromatic carbocycles. The first-order valence-electron chi connectivity index (χ1n) is 6.01. The SMILES string of the molecule is CN1CCC(CN(C)c2ccc(N)cc2I)C1. The van der Waals surface area contributed by atoms with E-state index in [9.17, 15) is 0 Å². The van der Waals surface area contributed by atoms with Gasteiger partial charge in [0, 0.05) is 29.4 Å². The summed E-state index contributed by atoms with van der Waals surface area (Å²) in [7, 11) is 4.37. The number of benzene rings is 1. The van der Waals surface area contributed by atoms with Crippen molar-refractivity contribution in [1.29, 1.82) is 0 Å². The van der Waals surface area contributed by atoms with Crippen LogP contribution >= 0.6 is 22.6 Å². The first kappa shape index (κ1) is 13.0. The van der Waals surface area contributed by atoms with Crippen LogP contribution in [0.2, 0.25) is 0 Å². The molecule has 0 saturated carbocycles. The first-order valence-corrected chi connectivity index (χ1v) is 7.09. The molecule has 1 aliphatic rings. The molecule has 0 radical (unpaired) electrons. The lowest BCUT2D eigenvalue weighted by atomic mass is 10.1. The van der Waals surface area contributed by atoms with Crippen molar-refractivity contribution >= 4 is 34.0 Å². The van der Waals surface area contributed by atoms with Crippen molar-refractivity contribution in [2.24, 2.45) is 5.92 Å². The summed E-state index contributed by atoms with van der Waals surface area (Å²) in [5.74, 6) is 0.790. The van der Waals surface area contributed by atoms with E-state index in [0.29, 0.717) is 0 Å². The number of hydrogen-bond acceptors (Lipinski definition) is 3. The van der Waals surface area contributed by atoms with Crippen LogP contribution in [0.4, 0.5) is 11.4 Å². The van der Waals surface area contributed by atoms with E-state index in [1.54, 1.807) is 0 Å². The number of nitrogen functional groups attached to an aromatic ring is 1. The molecule has 4 heteroatoms. The highest BCUT2D eigenvalue weighted by Gasteiger charge is 2.21. The fourth-order valence-electron chi connectivity index (χ4n) is 2.49. The average molecular weight is 345 g/mol. The molecule has 1 aliphatic heterocycles. The number of halogens is 1. The third kappa shape index (κ3) is 3.25. The van der Waals surface area contributed by atoms with Crippen molar-refractivity contribution in [3.8, 4) is 0 Å². The van der Waals surface area contributed by atoms with E-state index >= 15 is 0 Å². The second kappa shape index (κ2) is 5.44. The van der Waals surface area contributed by atoms with Gasteiger partial charge in [-0.2, -0.15) is 0 Å². The lowest BCUT2D eigenvalue weighted by molar-refractivity contribution is 0.396. The normalized spacial score (nSPS) is 20.8. The molecule has 1 atom stereocenters. The molecule has 1 aromatic rings. The van der Waals surface area contributed by atoms with Crippen LogP contribution in [-0.4, -0.2) is 38.6 Å². The maximum atomic E-state index is 5.78. The Morgan fingerprint density at radius 2 is 2.29 bits per heavy atom. The summed E-state index contributed by atoms with van der Waals surface area (Å²) < 4.78 is 1.23. The first-order chi connectivity index (χ1) is 8.06. The quantitative estimate of drug-likeness (QED) is 0.674. The van der Waals surface area contributed by atoms with Gasteiger partial charge >= 0.3 is 0 Å². The second-order valence-electron chi connectivity index (χ2n) is 5.01. The maximum Gasteiger partial charge on any atom is 0.0500 e. The predicted octanol–water partition coefficient (Wildman–Crippen LogP) is 2.26. The Morgan fingerprint density at radius 1 is 1.53 bits per heavy atom. The summed E-state index contributed by atoms with van der Waals surface area (Å²) in [5.41, 5.74) is 7.91. The third-order valence-electron chi connectivity index (χ3n) is 3.40. The molecule has 0 amide bonds. The van der Waals surface area contributed by atoms with Gasteiger partial charge < -0.3 is 15.5 Å². The zero-order valence-electron chi connectivity index (χ0n) is 10.5. The molecule has 94 valence electrons. The lowest BCUT2D eigenvalue weighted by Gasteiger charge is -2.24. The lowest BCUT2D eigenvalue weighted by Crippen LogP contribution is -2.27. The maximum absolute atomic E-state index is 5.78. The largest absolute Gasteiger partial charge is 0.399 e. The van der Waals surface area contributed by atoms with Crippen molar-refractivity contribution in [1.82, 2.24) is 4.90 Å². The van der Waals surface area contributed by atoms with Crippen LogP contribution in [0.25, 0.3) is 0 Å². The Hall–Kier alpha value is -0.490. The monoisotopic (exact) mass is 345 g/mol. The molecular formula is C13H20IN3. The molecule has 17 heavy (non-hydrogen) atoms. The van der Waals surface area contributed by atoms with Crippen molar-refractivity contribution < 1.29 is 0 Å². The molecule has 2 rings (SSSR count). The topological polar surface area (TPSA) is 32.5 Å². The van der Waals surface area contributed by atoms with E-state index < -0.39 is 0 Å². The highest BCUT2D eigenvalue weighted by Crippen LogP contribution is 2.26. The van der Waals surface area contributed by atoms with Crippen molar-refractivity contribution in [2.45, 2.75) is 6.42 Å². The number of likely N-dealkylation sites (tertiary alicyclic amines) is 1. The van der Waals surface area contributed by atoms with Crippen LogP contribution in [-0.2, 0) is 0 Å². The van der Waals surface area contributed by atoms with E-state index in [0.717, 1.165) is 18.2 Å². The predicted molar refractivity (Wildman–Crippen MR) is 82.4 cm³/mol. The van der Waals surface area contributed by atoms with Gasteiger partial charge in [0.1, 0.15) is 0 Å². The van der Waals surface area contributed by atoms with Gasteiger partial charge in [0.05, 0.1) is 5.69 Å². The van der Waals surface area contributed by atoms with Gasteiger partial charge in [-0.15, -0.1) is 0 Å². The standard InChI is InChI=1S/C13H20IN3/c1-16-6-5-10(8-16)9-17(2)13-4-3-11(15)7-12(13)14/h3-4,7,10H,5-6,8-9,15H2,1-2H3. The van der Waals surface area contributed by atoms with E-state index in [4.69, 9.17) is 5.73 Å². The van der Waals surface area contributed by atoms with Gasteiger partial charge in [-0.3, -0.25) is 0 Å². The highest BCUT2D eigenvalue weighted by atomic mass is 127. The number of nitrogens with two attached hydrogens (primary N) is 1. The average Bonchev–Trinajstić information content (AvgIpc) is 2.63. The minimum absolute atomic E-state index is 0.790. The molecule has 0 aliphatic carbocycles. The van der Waals surface area contributed by atoms with E-state index in [2.05, 4.69) is 52.6 Å². The summed E-state index contributed by atoms with van der Waals surface area (Å²) in [6, 6.07) is 6.14. The molecule has 2 N–H and O–H groups in total. The Bertz CT molecular complexity index is 394. The summed E-state index contributed by atoms with van der Waals surface area (Å²) >= 11 is 2.36. The van der Waals surface area contributed by atoms with Crippen molar-refractivity contribution in [3.05, 3.63) is 21.8 Å². The minimum Gasteiger partial charge on any atom is -0.399 e. The molecule has 1 heterocycles. The van der Waals surface area contributed by atoms with Gasteiger partial charge in [-0.25, -0.2) is 0 Å². The molecule has 1 saturated heterocycles. The van der Waals surface area contributed by atoms with E-state index in [-0.39, 0.29) is 0 Å². The van der Waals surface area contributed by atoms with Gasteiger partial charge in [-0.05, 0) is 66.7 Å². The smallest absolute Gasteiger partial charge is 0.0500 e. The zero-order valence-corrected chi connectivity index (χ0v) is 12.6. The summed E-state index contributed by atoms with van der Waals surface area (Å²) in [5, 5.41) is 0. The third-order valence-corrected chi connectivity index (χ3v) is 4.27. The van der Waals surface area contributed by atoms with Crippen LogP contribution in [0.15, 0.2) is 18.2 Å². The van der Waals surface area contributed by atoms with Crippen molar-refractivity contribution in [2.75, 3.05) is 44.4 Å². The van der Waals surface area contributed by atoms with E-state index in [1.807, 2.05) is 12.1 Å². The summed E-state index contributed by atoms with van der Waals surface area (Å²) in [6.45, 7) is 3.58. The van der Waals surface area contributed by atoms with Gasteiger partial charge in [0.15, 0.2) is 0 Å². The summed E-state index contributed by atoms with van der Waals surface area (Å²) in [4.78, 5) is 4.76. The Balaban J connectivity index is 2.01. The van der Waals surface area contributed by atoms with Gasteiger partial charge in [0.25, 0.3) is 0 Å². The summed E-state index contributed by atoms with van der Waals surface area (Å²) in [6.07, 6.45) is 1.31. The number of nitrogens with zero attached hydrogens (tertiary/aromatic N) is 2. The van der Waals surface area contributed by atoms with Crippen LogP contribution in [0.5, 0.6) is 0 Å².